The average Bonchev–Trinajstić information content (AvgIpc) is 2.77. The van der Waals surface area contributed by atoms with Gasteiger partial charge in [-0.2, -0.15) is 0 Å². The van der Waals surface area contributed by atoms with Crippen LogP contribution in [0.4, 0.5) is 0 Å². The number of pyridine rings is 1. The van der Waals surface area contributed by atoms with Crippen molar-refractivity contribution in [3.05, 3.63) is 53.1 Å². The molecular formula is C16H17N3OS. The van der Waals surface area contributed by atoms with Gasteiger partial charge < -0.3 is 14.3 Å². The number of imidazole rings is 1. The second kappa shape index (κ2) is 5.69. The van der Waals surface area contributed by atoms with E-state index in [1.807, 2.05) is 38.1 Å². The average molecular weight is 299 g/mol. The van der Waals surface area contributed by atoms with E-state index in [-0.39, 0.29) is 6.10 Å². The molecule has 3 aromatic rings. The number of hydrogen-bond donors (Lipinski definition) is 1. The van der Waals surface area contributed by atoms with Gasteiger partial charge in [0.15, 0.2) is 4.77 Å². The maximum absolute atomic E-state index is 5.85. The van der Waals surface area contributed by atoms with Crippen molar-refractivity contribution in [2.75, 3.05) is 0 Å². The summed E-state index contributed by atoms with van der Waals surface area (Å²) in [4.78, 5) is 7.30. The number of hydrogen-bond acceptors (Lipinski definition) is 3. The molecule has 1 aromatic carbocycles. The lowest BCUT2D eigenvalue weighted by atomic mass is 10.2. The summed E-state index contributed by atoms with van der Waals surface area (Å²) >= 11 is 5.46. The van der Waals surface area contributed by atoms with E-state index in [9.17, 15) is 0 Å². The molecule has 0 saturated heterocycles. The number of aromatic nitrogens is 3. The van der Waals surface area contributed by atoms with Crippen LogP contribution in [0.15, 0.2) is 42.7 Å². The van der Waals surface area contributed by atoms with Crippen molar-refractivity contribution in [3.8, 4) is 5.75 Å². The summed E-state index contributed by atoms with van der Waals surface area (Å²) in [6.07, 6.45) is 3.71. The van der Waals surface area contributed by atoms with E-state index in [0.717, 1.165) is 22.3 Å². The summed E-state index contributed by atoms with van der Waals surface area (Å²) < 4.78 is 8.62. The standard InChI is InChI=1S/C16H17N3OS/c1-11(2)20-14-5-3-4-13-15(14)18-16(21)19(13)10-12-6-8-17-9-7-12/h3-9,11H,10H2,1-2H3,(H,18,21). The van der Waals surface area contributed by atoms with Crippen molar-refractivity contribution in [1.29, 1.82) is 0 Å². The molecule has 0 aliphatic heterocycles. The van der Waals surface area contributed by atoms with Gasteiger partial charge in [-0.05, 0) is 55.9 Å². The molecule has 0 saturated carbocycles. The van der Waals surface area contributed by atoms with Crippen LogP contribution in [-0.2, 0) is 6.54 Å². The number of nitrogens with one attached hydrogen (secondary N) is 1. The minimum Gasteiger partial charge on any atom is -0.489 e. The zero-order chi connectivity index (χ0) is 14.8. The second-order valence-electron chi connectivity index (χ2n) is 5.19. The first-order valence-electron chi connectivity index (χ1n) is 6.92. The number of fused-ring (bicyclic) bond motifs is 1. The molecule has 0 spiro atoms. The third-order valence-electron chi connectivity index (χ3n) is 3.22. The van der Waals surface area contributed by atoms with Gasteiger partial charge in [0.05, 0.1) is 18.2 Å². The molecule has 0 bridgehead atoms. The fourth-order valence-corrected chi connectivity index (χ4v) is 2.60. The Morgan fingerprint density at radius 2 is 2.00 bits per heavy atom. The Morgan fingerprint density at radius 1 is 1.24 bits per heavy atom. The molecule has 21 heavy (non-hydrogen) atoms. The number of nitrogens with zero attached hydrogens (tertiary/aromatic N) is 2. The van der Waals surface area contributed by atoms with E-state index in [1.165, 1.54) is 0 Å². The van der Waals surface area contributed by atoms with Crippen LogP contribution in [0.2, 0.25) is 0 Å². The van der Waals surface area contributed by atoms with Crippen molar-refractivity contribution in [2.45, 2.75) is 26.5 Å². The van der Waals surface area contributed by atoms with Gasteiger partial charge in [0, 0.05) is 12.4 Å². The number of benzene rings is 1. The highest BCUT2D eigenvalue weighted by Gasteiger charge is 2.10. The van der Waals surface area contributed by atoms with Gasteiger partial charge in [-0.1, -0.05) is 6.07 Å². The van der Waals surface area contributed by atoms with E-state index in [4.69, 9.17) is 17.0 Å². The normalized spacial score (nSPS) is 11.2. The van der Waals surface area contributed by atoms with Gasteiger partial charge in [-0.3, -0.25) is 4.98 Å². The Hall–Kier alpha value is -2.14. The fraction of sp³-hybridized carbons (Fsp3) is 0.250. The first-order chi connectivity index (χ1) is 10.1. The highest BCUT2D eigenvalue weighted by molar-refractivity contribution is 7.71. The molecule has 108 valence electrons. The molecule has 2 aromatic heterocycles. The molecule has 0 atom stereocenters. The Balaban J connectivity index is 2.08. The van der Waals surface area contributed by atoms with Gasteiger partial charge in [-0.25, -0.2) is 0 Å². The maximum atomic E-state index is 5.85. The highest BCUT2D eigenvalue weighted by Crippen LogP contribution is 2.26. The first kappa shape index (κ1) is 13.8. The quantitative estimate of drug-likeness (QED) is 0.742. The third kappa shape index (κ3) is 2.83. The van der Waals surface area contributed by atoms with Crippen molar-refractivity contribution >= 4 is 23.3 Å². The lowest BCUT2D eigenvalue weighted by molar-refractivity contribution is 0.245. The van der Waals surface area contributed by atoms with Crippen LogP contribution in [0.25, 0.3) is 11.0 Å². The molecule has 4 nitrogen and oxygen atoms in total. The van der Waals surface area contributed by atoms with Crippen LogP contribution >= 0.6 is 12.2 Å². The minimum absolute atomic E-state index is 0.126. The van der Waals surface area contributed by atoms with Crippen LogP contribution in [0.3, 0.4) is 0 Å². The molecule has 5 heteroatoms. The van der Waals surface area contributed by atoms with Crippen LogP contribution in [0, 0.1) is 4.77 Å². The SMILES string of the molecule is CC(C)Oc1cccc2c1[nH]c(=S)n2Cc1ccncc1. The molecule has 0 aliphatic carbocycles. The Morgan fingerprint density at radius 3 is 2.71 bits per heavy atom. The number of para-hydroxylation sites is 1. The third-order valence-corrected chi connectivity index (χ3v) is 3.55. The Bertz CT molecular complexity index is 805. The minimum atomic E-state index is 0.126. The van der Waals surface area contributed by atoms with E-state index >= 15 is 0 Å². The van der Waals surface area contributed by atoms with E-state index in [2.05, 4.69) is 20.6 Å². The highest BCUT2D eigenvalue weighted by atomic mass is 32.1. The van der Waals surface area contributed by atoms with Crippen molar-refractivity contribution in [2.24, 2.45) is 0 Å². The predicted octanol–water partition coefficient (Wildman–Crippen LogP) is 3.93. The number of rotatable bonds is 4. The molecule has 3 rings (SSSR count). The Labute approximate surface area is 128 Å². The Kier molecular flexibility index (Phi) is 3.75. The summed E-state index contributed by atoms with van der Waals surface area (Å²) in [6.45, 7) is 4.75. The van der Waals surface area contributed by atoms with E-state index in [1.54, 1.807) is 12.4 Å². The van der Waals surface area contributed by atoms with Crippen molar-refractivity contribution < 1.29 is 4.74 Å². The number of H-pyrrole nitrogens is 1. The van der Waals surface area contributed by atoms with Crippen LogP contribution in [-0.4, -0.2) is 20.6 Å². The van der Waals surface area contributed by atoms with Crippen LogP contribution < -0.4 is 4.74 Å². The molecule has 1 N–H and O–H groups in total. The zero-order valence-corrected chi connectivity index (χ0v) is 12.9. The van der Waals surface area contributed by atoms with Crippen molar-refractivity contribution in [3.63, 3.8) is 0 Å². The summed E-state index contributed by atoms with van der Waals surface area (Å²) in [5, 5.41) is 0. The van der Waals surface area contributed by atoms with Crippen LogP contribution in [0.1, 0.15) is 19.4 Å². The molecule has 0 aliphatic rings. The molecule has 0 amide bonds. The molecule has 2 heterocycles. The van der Waals surface area contributed by atoms with E-state index in [0.29, 0.717) is 11.3 Å². The largest absolute Gasteiger partial charge is 0.489 e. The topological polar surface area (TPSA) is 42.8 Å². The molecule has 0 radical (unpaired) electrons. The number of ether oxygens (including phenoxy) is 1. The second-order valence-corrected chi connectivity index (χ2v) is 5.58. The fourth-order valence-electron chi connectivity index (χ4n) is 2.33. The van der Waals surface area contributed by atoms with Crippen molar-refractivity contribution in [1.82, 2.24) is 14.5 Å². The molecule has 0 unspecified atom stereocenters. The van der Waals surface area contributed by atoms with Crippen LogP contribution in [0.5, 0.6) is 5.75 Å². The summed E-state index contributed by atoms with van der Waals surface area (Å²) in [5.74, 6) is 0.835. The summed E-state index contributed by atoms with van der Waals surface area (Å²) in [6, 6.07) is 10.00. The summed E-state index contributed by atoms with van der Waals surface area (Å²) in [7, 11) is 0. The first-order valence-corrected chi connectivity index (χ1v) is 7.33. The molecular weight excluding hydrogens is 282 g/mol. The smallest absolute Gasteiger partial charge is 0.178 e. The van der Waals surface area contributed by atoms with Gasteiger partial charge in [0.1, 0.15) is 11.3 Å². The maximum Gasteiger partial charge on any atom is 0.178 e. The zero-order valence-electron chi connectivity index (χ0n) is 12.0. The van der Waals surface area contributed by atoms with Gasteiger partial charge in [-0.15, -0.1) is 0 Å². The lowest BCUT2D eigenvalue weighted by Gasteiger charge is -2.10. The van der Waals surface area contributed by atoms with Gasteiger partial charge >= 0.3 is 0 Å². The number of aromatic amines is 1. The van der Waals surface area contributed by atoms with Gasteiger partial charge in [0.25, 0.3) is 0 Å². The predicted molar refractivity (Wildman–Crippen MR) is 86.2 cm³/mol. The lowest BCUT2D eigenvalue weighted by Crippen LogP contribution is -2.06. The summed E-state index contributed by atoms with van der Waals surface area (Å²) in [5.41, 5.74) is 3.16. The molecule has 0 fully saturated rings. The van der Waals surface area contributed by atoms with Gasteiger partial charge in [0.2, 0.25) is 0 Å². The monoisotopic (exact) mass is 299 g/mol. The van der Waals surface area contributed by atoms with E-state index < -0.39 is 0 Å².